The molecule has 0 saturated carbocycles. The third-order valence-corrected chi connectivity index (χ3v) is 17.6. The third-order valence-electron chi connectivity index (χ3n) is 17.1. The van der Waals surface area contributed by atoms with E-state index in [1.54, 1.807) is 0 Å². The molecule has 13 atom stereocenters. The summed E-state index contributed by atoms with van der Waals surface area (Å²) in [5.74, 6) is -2.99. The highest BCUT2D eigenvalue weighted by atomic mass is 31.2. The minimum atomic E-state index is -5.49. The molecule has 10 N–H and O–H groups in total. The number of ether oxygens (including phenoxy) is 5. The van der Waals surface area contributed by atoms with Gasteiger partial charge in [-0.05, 0) is 32.1 Å². The fourth-order valence-electron chi connectivity index (χ4n) is 11.8. The Labute approximate surface area is 529 Å². The lowest BCUT2D eigenvalue weighted by Crippen LogP contribution is -2.67. The number of esters is 2. The summed E-state index contributed by atoms with van der Waals surface area (Å²) in [5, 5.41) is 71.3. The van der Waals surface area contributed by atoms with Crippen LogP contribution in [-0.4, -0.2) is 157 Å². The molecular formula is C66H125N2O19P. The summed E-state index contributed by atoms with van der Waals surface area (Å²) < 4.78 is 47.5. The number of carbonyl (C=O) groups is 4. The topological polar surface area (TPSA) is 327 Å². The molecule has 2 heterocycles. The van der Waals surface area contributed by atoms with Crippen molar-refractivity contribution in [2.24, 2.45) is 0 Å². The number of amides is 2. The predicted molar refractivity (Wildman–Crippen MR) is 338 cm³/mol. The van der Waals surface area contributed by atoms with Crippen LogP contribution in [0.25, 0.3) is 0 Å². The van der Waals surface area contributed by atoms with E-state index in [2.05, 4.69) is 38.3 Å². The highest BCUT2D eigenvalue weighted by Gasteiger charge is 2.53. The number of phosphoric acid groups is 1. The molecule has 2 saturated heterocycles. The average molecular weight is 1280 g/mol. The van der Waals surface area contributed by atoms with Gasteiger partial charge in [0.25, 0.3) is 0 Å². The van der Waals surface area contributed by atoms with Gasteiger partial charge in [0.1, 0.15) is 48.7 Å². The largest absolute Gasteiger partial charge is 0.470 e. The van der Waals surface area contributed by atoms with Crippen molar-refractivity contribution < 1.29 is 92.4 Å². The number of nitrogens with one attached hydrogen (secondary N) is 2. The van der Waals surface area contributed by atoms with E-state index in [4.69, 9.17) is 28.2 Å². The standard InChI is InChI=1S/C66H125N2O19P/c1-5-9-13-17-21-25-29-33-37-41-50(70)45-55(72)67-59-62(77)61(76)54(84-65(59)78)49-82-66-60(64(63(53(48-69)85-66)87-88(79,80)81)86-58(75)46-51(71)42-38-34-30-26-22-18-14-10-6-2)68-56(73)47-52(43-39-35-31-27-23-19-15-11-7-3)83-57(74)44-40-36-32-28-24-20-16-12-8-4/h50-54,59-66,69-71,76-78H,5-49H2,1-4H3,(H,67,72)(H,68,73)(H2,79,80,81)/t50-,51-,52-,53-,54-,59-,60-,61-,62-,63-,64-,65?,66-/m1/s1. The first kappa shape index (κ1) is 81.7. The first-order valence-corrected chi connectivity index (χ1v) is 36.6. The number of aliphatic hydroxyl groups excluding tert-OH is 6. The van der Waals surface area contributed by atoms with Crippen molar-refractivity contribution in [3.05, 3.63) is 0 Å². The molecule has 2 aliphatic heterocycles. The maximum absolute atomic E-state index is 14.5. The maximum atomic E-state index is 14.5. The predicted octanol–water partition coefficient (Wildman–Crippen LogP) is 11.0. The zero-order chi connectivity index (χ0) is 64.8. The van der Waals surface area contributed by atoms with E-state index < -0.39 is 137 Å². The lowest BCUT2D eigenvalue weighted by atomic mass is 9.95. The fourth-order valence-corrected chi connectivity index (χ4v) is 12.4. The highest BCUT2D eigenvalue weighted by Crippen LogP contribution is 2.42. The molecule has 0 radical (unpaired) electrons. The third kappa shape index (κ3) is 38.6. The molecule has 21 nitrogen and oxygen atoms in total. The minimum Gasteiger partial charge on any atom is -0.462 e. The molecule has 0 aromatic rings. The summed E-state index contributed by atoms with van der Waals surface area (Å²) in [4.78, 5) is 75.3. The van der Waals surface area contributed by atoms with E-state index in [-0.39, 0.29) is 19.3 Å². The fraction of sp³-hybridized carbons (Fsp3) is 0.939. The minimum absolute atomic E-state index is 0.152. The molecule has 0 bridgehead atoms. The van der Waals surface area contributed by atoms with Crippen LogP contribution in [0.4, 0.5) is 0 Å². The Morgan fingerprint density at radius 2 is 0.886 bits per heavy atom. The second-order valence-corrected chi connectivity index (χ2v) is 26.5. The van der Waals surface area contributed by atoms with E-state index >= 15 is 0 Å². The van der Waals surface area contributed by atoms with Crippen LogP contribution >= 0.6 is 7.82 Å². The number of unbranched alkanes of at least 4 members (excludes halogenated alkanes) is 32. The molecule has 2 aliphatic rings. The van der Waals surface area contributed by atoms with Crippen molar-refractivity contribution in [2.75, 3.05) is 13.2 Å². The second kappa shape index (κ2) is 51.1. The van der Waals surface area contributed by atoms with Gasteiger partial charge < -0.3 is 74.7 Å². The molecule has 518 valence electrons. The van der Waals surface area contributed by atoms with Crippen molar-refractivity contribution in [2.45, 2.75) is 383 Å². The molecule has 0 aromatic heterocycles. The van der Waals surface area contributed by atoms with Gasteiger partial charge in [-0.2, -0.15) is 0 Å². The van der Waals surface area contributed by atoms with Crippen molar-refractivity contribution in [1.82, 2.24) is 10.6 Å². The number of aliphatic hydroxyl groups is 6. The Morgan fingerprint density at radius 1 is 0.477 bits per heavy atom. The Kier molecular flexibility index (Phi) is 47.5. The van der Waals surface area contributed by atoms with Crippen molar-refractivity contribution in [3.8, 4) is 0 Å². The molecule has 0 aromatic carbocycles. The Bertz CT molecular complexity index is 1820. The SMILES string of the molecule is CCCCCCCCCCCC(=O)O[C@H](CCCCCCCCCCC)CC(=O)N[C@H]1[C@H](OC[C@H]2OC(O)[C@H](NC(=O)C[C@H](O)CCCCCCCCCCC)[C@@H](O)[C@@H]2O)O[C@H](CO)[C@@H](OP(=O)(O)O)[C@@H]1OC(=O)C[C@H](O)CCCCCCCCCCC. The van der Waals surface area contributed by atoms with E-state index in [0.29, 0.717) is 38.5 Å². The lowest BCUT2D eigenvalue weighted by Gasteiger charge is -2.46. The van der Waals surface area contributed by atoms with Gasteiger partial charge in [0, 0.05) is 6.42 Å². The smallest absolute Gasteiger partial charge is 0.462 e. The van der Waals surface area contributed by atoms with Crippen LogP contribution in [0.5, 0.6) is 0 Å². The molecular weight excluding hydrogens is 1160 g/mol. The first-order chi connectivity index (χ1) is 42.4. The lowest BCUT2D eigenvalue weighted by molar-refractivity contribution is -0.297. The molecule has 0 spiro atoms. The Hall–Kier alpha value is -2.37. The number of carbonyl (C=O) groups excluding carboxylic acids is 4. The van der Waals surface area contributed by atoms with Crippen LogP contribution in [-0.2, 0) is 52.0 Å². The van der Waals surface area contributed by atoms with Gasteiger partial charge in [-0.1, -0.05) is 246 Å². The van der Waals surface area contributed by atoms with Crippen molar-refractivity contribution >= 4 is 31.6 Å². The van der Waals surface area contributed by atoms with Gasteiger partial charge in [-0.15, -0.1) is 0 Å². The summed E-state index contributed by atoms with van der Waals surface area (Å²) in [6.07, 6.45) is 20.0. The Morgan fingerprint density at radius 3 is 1.34 bits per heavy atom. The second-order valence-electron chi connectivity index (χ2n) is 25.3. The zero-order valence-electron chi connectivity index (χ0n) is 54.8. The van der Waals surface area contributed by atoms with E-state index in [9.17, 15) is 64.2 Å². The quantitative estimate of drug-likeness (QED) is 0.0154. The number of hydrogen-bond donors (Lipinski definition) is 10. The van der Waals surface area contributed by atoms with E-state index in [1.807, 2.05) is 0 Å². The number of phosphoric ester groups is 1. The molecule has 2 rings (SSSR count). The van der Waals surface area contributed by atoms with Gasteiger partial charge >= 0.3 is 19.8 Å². The van der Waals surface area contributed by atoms with Gasteiger partial charge in [0.2, 0.25) is 11.8 Å². The molecule has 2 amide bonds. The summed E-state index contributed by atoms with van der Waals surface area (Å²) in [7, 11) is -5.49. The summed E-state index contributed by atoms with van der Waals surface area (Å²) in [6.45, 7) is 6.97. The molecule has 2 fully saturated rings. The van der Waals surface area contributed by atoms with Crippen LogP contribution in [0, 0.1) is 0 Å². The average Bonchev–Trinajstić information content (AvgIpc) is 2.80. The van der Waals surface area contributed by atoms with Crippen LogP contribution in [0.3, 0.4) is 0 Å². The summed E-state index contributed by atoms with van der Waals surface area (Å²) in [5.41, 5.74) is 0. The van der Waals surface area contributed by atoms with Gasteiger partial charge in [-0.3, -0.25) is 23.7 Å². The zero-order valence-corrected chi connectivity index (χ0v) is 55.7. The van der Waals surface area contributed by atoms with Crippen molar-refractivity contribution in [3.63, 3.8) is 0 Å². The van der Waals surface area contributed by atoms with E-state index in [1.165, 1.54) is 77.0 Å². The normalized spacial score (nSPS) is 23.3. The summed E-state index contributed by atoms with van der Waals surface area (Å²) in [6, 6.07) is -3.26. The molecule has 22 heteroatoms. The molecule has 1 unspecified atom stereocenters. The van der Waals surface area contributed by atoms with E-state index in [0.717, 1.165) is 128 Å². The molecule has 0 aliphatic carbocycles. The molecule has 88 heavy (non-hydrogen) atoms. The number of hydrogen-bond acceptors (Lipinski definition) is 17. The van der Waals surface area contributed by atoms with Gasteiger partial charge in [-0.25, -0.2) is 4.57 Å². The first-order valence-electron chi connectivity index (χ1n) is 35.0. The Balaban J connectivity index is 2.37. The maximum Gasteiger partial charge on any atom is 0.470 e. The van der Waals surface area contributed by atoms with Gasteiger partial charge in [0.15, 0.2) is 18.7 Å². The van der Waals surface area contributed by atoms with Crippen molar-refractivity contribution in [1.29, 1.82) is 0 Å². The highest BCUT2D eigenvalue weighted by molar-refractivity contribution is 7.46. The van der Waals surface area contributed by atoms with Gasteiger partial charge in [0.05, 0.1) is 44.7 Å². The van der Waals surface area contributed by atoms with Crippen LogP contribution in [0.2, 0.25) is 0 Å². The monoisotopic (exact) mass is 1280 g/mol. The summed E-state index contributed by atoms with van der Waals surface area (Å²) >= 11 is 0. The van der Waals surface area contributed by atoms with Crippen LogP contribution < -0.4 is 10.6 Å². The number of rotatable bonds is 56. The van der Waals surface area contributed by atoms with Crippen LogP contribution in [0.1, 0.15) is 304 Å². The van der Waals surface area contributed by atoms with Crippen LogP contribution in [0.15, 0.2) is 0 Å².